The van der Waals surface area contributed by atoms with Gasteiger partial charge in [-0.05, 0) is 51.8 Å². The van der Waals surface area contributed by atoms with Crippen LogP contribution in [0.3, 0.4) is 0 Å². The van der Waals surface area contributed by atoms with E-state index in [2.05, 4.69) is 21.3 Å². The Morgan fingerprint density at radius 3 is 2.21 bits per heavy atom. The standard InChI is InChI=1S/C18H28N4O2/c1-6-19-17(23)15-16(21-13(5)12(4)20-15)18(24)22-14-9-10(2)7-8-11(14)3/h7-9,12-13,15-16,20-21H,6H2,1-5H3,(H,19,23)(H,22,24). The number of benzene rings is 1. The fourth-order valence-corrected chi connectivity index (χ4v) is 2.87. The average Bonchev–Trinajstić information content (AvgIpc) is 2.53. The zero-order chi connectivity index (χ0) is 17.9. The summed E-state index contributed by atoms with van der Waals surface area (Å²) in [5.41, 5.74) is 2.85. The first-order valence-corrected chi connectivity index (χ1v) is 8.51. The van der Waals surface area contributed by atoms with Gasteiger partial charge in [-0.1, -0.05) is 12.1 Å². The number of anilines is 1. The SMILES string of the molecule is CCNC(=O)C1NC(C)C(C)NC1C(=O)Nc1cc(C)ccc1C. The molecule has 1 aromatic rings. The normalized spacial score (nSPS) is 26.7. The number of rotatable bonds is 4. The molecule has 4 unspecified atom stereocenters. The fraction of sp³-hybridized carbons (Fsp3) is 0.556. The van der Waals surface area contributed by atoms with E-state index in [1.54, 1.807) is 0 Å². The summed E-state index contributed by atoms with van der Waals surface area (Å²) in [6, 6.07) is 4.89. The first kappa shape index (κ1) is 18.4. The van der Waals surface area contributed by atoms with E-state index >= 15 is 0 Å². The second-order valence-corrected chi connectivity index (χ2v) is 6.57. The van der Waals surface area contributed by atoms with Crippen LogP contribution >= 0.6 is 0 Å². The first-order valence-electron chi connectivity index (χ1n) is 8.51. The second-order valence-electron chi connectivity index (χ2n) is 6.57. The van der Waals surface area contributed by atoms with Crippen LogP contribution in [0.2, 0.25) is 0 Å². The average molecular weight is 332 g/mol. The molecule has 1 heterocycles. The monoisotopic (exact) mass is 332 g/mol. The number of likely N-dealkylation sites (N-methyl/N-ethyl adjacent to an activating group) is 1. The van der Waals surface area contributed by atoms with Gasteiger partial charge in [0.25, 0.3) is 0 Å². The Balaban J connectivity index is 2.19. The third kappa shape index (κ3) is 4.13. The van der Waals surface area contributed by atoms with Crippen molar-refractivity contribution in [3.63, 3.8) is 0 Å². The Morgan fingerprint density at radius 1 is 1.04 bits per heavy atom. The van der Waals surface area contributed by atoms with Gasteiger partial charge >= 0.3 is 0 Å². The van der Waals surface area contributed by atoms with E-state index in [1.807, 2.05) is 52.8 Å². The summed E-state index contributed by atoms with van der Waals surface area (Å²) in [4.78, 5) is 25.2. The van der Waals surface area contributed by atoms with Crippen molar-refractivity contribution in [3.05, 3.63) is 29.3 Å². The summed E-state index contributed by atoms with van der Waals surface area (Å²) < 4.78 is 0. The van der Waals surface area contributed by atoms with Gasteiger partial charge in [0.15, 0.2) is 0 Å². The highest BCUT2D eigenvalue weighted by molar-refractivity contribution is 6.00. The van der Waals surface area contributed by atoms with Gasteiger partial charge in [-0.2, -0.15) is 0 Å². The van der Waals surface area contributed by atoms with Crippen LogP contribution in [0, 0.1) is 13.8 Å². The number of aryl methyl sites for hydroxylation is 2. The molecule has 1 aliphatic heterocycles. The van der Waals surface area contributed by atoms with Gasteiger partial charge in [0, 0.05) is 24.3 Å². The first-order chi connectivity index (χ1) is 11.3. The van der Waals surface area contributed by atoms with E-state index in [4.69, 9.17) is 0 Å². The quantitative estimate of drug-likeness (QED) is 0.665. The summed E-state index contributed by atoms with van der Waals surface area (Å²) in [7, 11) is 0. The highest BCUT2D eigenvalue weighted by Gasteiger charge is 2.40. The van der Waals surface area contributed by atoms with E-state index in [-0.39, 0.29) is 23.9 Å². The summed E-state index contributed by atoms with van der Waals surface area (Å²) >= 11 is 0. The number of amides is 2. The van der Waals surface area contributed by atoms with Crippen molar-refractivity contribution in [2.75, 3.05) is 11.9 Å². The molecule has 0 aliphatic carbocycles. The van der Waals surface area contributed by atoms with Crippen LogP contribution in [-0.4, -0.2) is 42.5 Å². The molecule has 4 N–H and O–H groups in total. The molecule has 0 spiro atoms. The van der Waals surface area contributed by atoms with E-state index < -0.39 is 12.1 Å². The maximum Gasteiger partial charge on any atom is 0.243 e. The van der Waals surface area contributed by atoms with Gasteiger partial charge < -0.3 is 21.3 Å². The van der Waals surface area contributed by atoms with Gasteiger partial charge in [-0.3, -0.25) is 9.59 Å². The van der Waals surface area contributed by atoms with E-state index in [0.717, 1.165) is 16.8 Å². The smallest absolute Gasteiger partial charge is 0.243 e. The van der Waals surface area contributed by atoms with Crippen LogP contribution in [0.15, 0.2) is 18.2 Å². The van der Waals surface area contributed by atoms with E-state index in [0.29, 0.717) is 6.54 Å². The third-order valence-corrected chi connectivity index (χ3v) is 4.54. The minimum atomic E-state index is -0.623. The number of piperazine rings is 1. The van der Waals surface area contributed by atoms with Gasteiger partial charge in [-0.15, -0.1) is 0 Å². The second kappa shape index (κ2) is 7.77. The number of nitrogens with one attached hydrogen (secondary N) is 4. The minimum absolute atomic E-state index is 0.0880. The Labute approximate surface area is 143 Å². The van der Waals surface area contributed by atoms with Crippen LogP contribution in [0.1, 0.15) is 31.9 Å². The summed E-state index contributed by atoms with van der Waals surface area (Å²) in [6.07, 6.45) is 0. The Kier molecular flexibility index (Phi) is 5.96. The van der Waals surface area contributed by atoms with Gasteiger partial charge in [0.05, 0.1) is 0 Å². The third-order valence-electron chi connectivity index (χ3n) is 4.54. The predicted molar refractivity (Wildman–Crippen MR) is 96.0 cm³/mol. The minimum Gasteiger partial charge on any atom is -0.355 e. The lowest BCUT2D eigenvalue weighted by Crippen LogP contribution is -2.71. The largest absolute Gasteiger partial charge is 0.355 e. The van der Waals surface area contributed by atoms with Gasteiger partial charge in [0.2, 0.25) is 11.8 Å². The van der Waals surface area contributed by atoms with Crippen LogP contribution < -0.4 is 21.3 Å². The van der Waals surface area contributed by atoms with Crippen molar-refractivity contribution in [1.29, 1.82) is 0 Å². The van der Waals surface area contributed by atoms with Crippen molar-refractivity contribution >= 4 is 17.5 Å². The molecule has 1 aromatic carbocycles. The molecule has 2 amide bonds. The van der Waals surface area contributed by atoms with Crippen LogP contribution in [0.25, 0.3) is 0 Å². The summed E-state index contributed by atoms with van der Waals surface area (Å²) in [5.74, 6) is -0.365. The molecular weight excluding hydrogens is 304 g/mol. The van der Waals surface area contributed by atoms with Crippen molar-refractivity contribution in [3.8, 4) is 0 Å². The highest BCUT2D eigenvalue weighted by Crippen LogP contribution is 2.18. The molecule has 4 atom stereocenters. The Morgan fingerprint density at radius 2 is 1.62 bits per heavy atom. The molecule has 1 saturated heterocycles. The van der Waals surface area contributed by atoms with Crippen LogP contribution in [0.5, 0.6) is 0 Å². The molecule has 0 bridgehead atoms. The van der Waals surface area contributed by atoms with Crippen molar-refractivity contribution in [2.24, 2.45) is 0 Å². The lowest BCUT2D eigenvalue weighted by Gasteiger charge is -2.39. The van der Waals surface area contributed by atoms with E-state index in [1.165, 1.54) is 0 Å². The summed E-state index contributed by atoms with van der Waals surface area (Å²) in [5, 5.41) is 12.3. The molecular formula is C18H28N4O2. The Hall–Kier alpha value is -1.92. The molecule has 0 radical (unpaired) electrons. The van der Waals surface area contributed by atoms with Gasteiger partial charge in [-0.25, -0.2) is 0 Å². The maximum atomic E-state index is 12.8. The number of hydrogen-bond donors (Lipinski definition) is 4. The molecule has 0 saturated carbocycles. The zero-order valence-electron chi connectivity index (χ0n) is 15.1. The molecule has 2 rings (SSSR count). The van der Waals surface area contributed by atoms with Crippen molar-refractivity contribution in [1.82, 2.24) is 16.0 Å². The highest BCUT2D eigenvalue weighted by atomic mass is 16.2. The molecule has 0 aromatic heterocycles. The van der Waals surface area contributed by atoms with E-state index in [9.17, 15) is 9.59 Å². The molecule has 24 heavy (non-hydrogen) atoms. The van der Waals surface area contributed by atoms with Crippen LogP contribution in [-0.2, 0) is 9.59 Å². The lowest BCUT2D eigenvalue weighted by atomic mass is 9.96. The number of carbonyl (C=O) groups excluding carboxylic acids is 2. The number of carbonyl (C=O) groups is 2. The predicted octanol–water partition coefficient (Wildman–Crippen LogP) is 1.09. The molecule has 6 nitrogen and oxygen atoms in total. The van der Waals surface area contributed by atoms with Gasteiger partial charge in [0.1, 0.15) is 12.1 Å². The molecule has 132 valence electrons. The molecule has 1 aliphatic rings. The zero-order valence-corrected chi connectivity index (χ0v) is 15.1. The maximum absolute atomic E-state index is 12.8. The topological polar surface area (TPSA) is 82.3 Å². The van der Waals surface area contributed by atoms with Crippen molar-refractivity contribution < 1.29 is 9.59 Å². The molecule has 6 heteroatoms. The number of hydrogen-bond acceptors (Lipinski definition) is 4. The fourth-order valence-electron chi connectivity index (χ4n) is 2.87. The van der Waals surface area contributed by atoms with Crippen LogP contribution in [0.4, 0.5) is 5.69 Å². The summed E-state index contributed by atoms with van der Waals surface area (Å²) in [6.45, 7) is 10.3. The van der Waals surface area contributed by atoms with Crippen molar-refractivity contribution in [2.45, 2.75) is 58.8 Å². The Bertz CT molecular complexity index is 617. The lowest BCUT2D eigenvalue weighted by molar-refractivity contribution is -0.129. The molecule has 1 fully saturated rings.